The van der Waals surface area contributed by atoms with E-state index in [-0.39, 0.29) is 23.0 Å². The van der Waals surface area contributed by atoms with E-state index < -0.39 is 11.6 Å². The monoisotopic (exact) mass is 260 g/mol. The molecule has 0 radical (unpaired) electrons. The molecule has 1 aliphatic carbocycles. The lowest BCUT2D eigenvalue weighted by molar-refractivity contribution is 0.287. The van der Waals surface area contributed by atoms with Gasteiger partial charge in [-0.1, -0.05) is 12.1 Å². The summed E-state index contributed by atoms with van der Waals surface area (Å²) < 4.78 is 38.7. The average molecular weight is 260 g/mol. The van der Waals surface area contributed by atoms with Crippen LogP contribution in [-0.2, 0) is 0 Å². The Hall–Kier alpha value is -2.10. The molecule has 3 aromatic rings. The maximum absolute atomic E-state index is 14.3. The van der Waals surface area contributed by atoms with Gasteiger partial charge in [0.1, 0.15) is 0 Å². The van der Waals surface area contributed by atoms with Gasteiger partial charge in [0.25, 0.3) is 0 Å². The largest absolute Gasteiger partial charge is 0.487 e. The maximum Gasteiger partial charge on any atom is 0.208 e. The molecule has 0 aliphatic heterocycles. The summed E-state index contributed by atoms with van der Waals surface area (Å²) in [5.41, 5.74) is 0.137. The summed E-state index contributed by atoms with van der Waals surface area (Å²) >= 11 is 0. The van der Waals surface area contributed by atoms with Gasteiger partial charge in [-0.15, -0.1) is 0 Å². The van der Waals surface area contributed by atoms with Gasteiger partial charge >= 0.3 is 0 Å². The SMILES string of the molecule is Fc1cccc2c1oc1c(F)c(OC3CC3)ccc12. The summed E-state index contributed by atoms with van der Waals surface area (Å²) in [6, 6.07) is 7.88. The van der Waals surface area contributed by atoms with Crippen molar-refractivity contribution in [3.63, 3.8) is 0 Å². The van der Waals surface area contributed by atoms with Crippen LogP contribution < -0.4 is 4.74 Å². The summed E-state index contributed by atoms with van der Waals surface area (Å²) in [7, 11) is 0. The molecule has 1 saturated carbocycles. The number of fused-ring (bicyclic) bond motifs is 3. The van der Waals surface area contributed by atoms with Crippen LogP contribution in [0.4, 0.5) is 8.78 Å². The van der Waals surface area contributed by atoms with Crippen LogP contribution in [-0.4, -0.2) is 6.10 Å². The van der Waals surface area contributed by atoms with E-state index in [0.29, 0.717) is 10.8 Å². The fourth-order valence-corrected chi connectivity index (χ4v) is 2.23. The molecule has 1 heterocycles. The van der Waals surface area contributed by atoms with Crippen molar-refractivity contribution in [1.29, 1.82) is 0 Å². The Morgan fingerprint density at radius 1 is 1.00 bits per heavy atom. The molecule has 0 atom stereocenters. The quantitative estimate of drug-likeness (QED) is 0.681. The van der Waals surface area contributed by atoms with Gasteiger partial charge in [0, 0.05) is 10.8 Å². The Bertz CT molecular complexity index is 788. The van der Waals surface area contributed by atoms with Crippen LogP contribution in [0.3, 0.4) is 0 Å². The topological polar surface area (TPSA) is 22.4 Å². The summed E-state index contributed by atoms with van der Waals surface area (Å²) in [6.07, 6.45) is 2.01. The minimum atomic E-state index is -0.556. The smallest absolute Gasteiger partial charge is 0.208 e. The van der Waals surface area contributed by atoms with Crippen LogP contribution in [0.5, 0.6) is 5.75 Å². The molecule has 4 rings (SSSR count). The highest BCUT2D eigenvalue weighted by atomic mass is 19.1. The standard InChI is InChI=1S/C15H10F2O2/c16-11-3-1-2-9-10-6-7-12(18-8-4-5-8)13(17)15(10)19-14(9)11/h1-3,6-8H,4-5H2. The lowest BCUT2D eigenvalue weighted by atomic mass is 10.1. The van der Waals surface area contributed by atoms with E-state index in [1.807, 2.05) is 0 Å². The number of ether oxygens (including phenoxy) is 1. The highest BCUT2D eigenvalue weighted by Gasteiger charge is 2.26. The molecule has 0 unspecified atom stereocenters. The summed E-state index contributed by atoms with van der Waals surface area (Å²) in [5, 5.41) is 1.14. The fourth-order valence-electron chi connectivity index (χ4n) is 2.23. The van der Waals surface area contributed by atoms with Crippen molar-refractivity contribution < 1.29 is 17.9 Å². The third kappa shape index (κ3) is 1.59. The van der Waals surface area contributed by atoms with Crippen LogP contribution >= 0.6 is 0 Å². The maximum atomic E-state index is 14.3. The number of hydrogen-bond donors (Lipinski definition) is 0. The molecule has 2 aromatic carbocycles. The molecule has 0 saturated heterocycles. The highest BCUT2D eigenvalue weighted by molar-refractivity contribution is 6.05. The molecule has 0 bridgehead atoms. The van der Waals surface area contributed by atoms with Gasteiger partial charge in [-0.25, -0.2) is 4.39 Å². The first-order valence-corrected chi connectivity index (χ1v) is 6.20. The Labute approximate surface area is 107 Å². The zero-order valence-corrected chi connectivity index (χ0v) is 9.95. The average Bonchev–Trinajstić information content (AvgIpc) is 3.13. The van der Waals surface area contributed by atoms with E-state index in [4.69, 9.17) is 9.15 Å². The second-order valence-corrected chi connectivity index (χ2v) is 4.79. The summed E-state index contributed by atoms with van der Waals surface area (Å²) in [5.74, 6) is -0.868. The molecule has 1 aliphatic rings. The summed E-state index contributed by atoms with van der Waals surface area (Å²) in [4.78, 5) is 0. The van der Waals surface area contributed by atoms with E-state index in [2.05, 4.69) is 0 Å². The molecule has 0 spiro atoms. The number of halogens is 2. The Morgan fingerprint density at radius 3 is 2.58 bits per heavy atom. The molecule has 2 nitrogen and oxygen atoms in total. The first-order chi connectivity index (χ1) is 9.24. The molecule has 0 amide bonds. The molecule has 4 heteroatoms. The highest BCUT2D eigenvalue weighted by Crippen LogP contribution is 2.37. The molecule has 0 N–H and O–H groups in total. The van der Waals surface area contributed by atoms with Crippen molar-refractivity contribution in [2.24, 2.45) is 0 Å². The van der Waals surface area contributed by atoms with Gasteiger partial charge in [-0.3, -0.25) is 0 Å². The zero-order chi connectivity index (χ0) is 13.0. The first-order valence-electron chi connectivity index (χ1n) is 6.20. The third-order valence-electron chi connectivity index (χ3n) is 3.34. The number of para-hydroxylation sites is 1. The Kier molecular flexibility index (Phi) is 2.10. The van der Waals surface area contributed by atoms with Gasteiger partial charge < -0.3 is 9.15 Å². The number of furan rings is 1. The van der Waals surface area contributed by atoms with Gasteiger partial charge in [-0.2, -0.15) is 4.39 Å². The predicted octanol–water partition coefficient (Wildman–Crippen LogP) is 4.41. The van der Waals surface area contributed by atoms with Crippen LogP contribution in [0.25, 0.3) is 21.9 Å². The lowest BCUT2D eigenvalue weighted by Gasteiger charge is -2.04. The van der Waals surface area contributed by atoms with Crippen molar-refractivity contribution in [2.75, 3.05) is 0 Å². The van der Waals surface area contributed by atoms with E-state index >= 15 is 0 Å². The third-order valence-corrected chi connectivity index (χ3v) is 3.34. The van der Waals surface area contributed by atoms with Crippen molar-refractivity contribution in [1.82, 2.24) is 0 Å². The van der Waals surface area contributed by atoms with Crippen LogP contribution in [0.2, 0.25) is 0 Å². The van der Waals surface area contributed by atoms with E-state index in [0.717, 1.165) is 12.8 Å². The van der Waals surface area contributed by atoms with E-state index in [9.17, 15) is 8.78 Å². The number of hydrogen-bond acceptors (Lipinski definition) is 2. The van der Waals surface area contributed by atoms with Gasteiger partial charge in [0.15, 0.2) is 22.7 Å². The molecule has 96 valence electrons. The normalized spacial score (nSPS) is 15.3. The summed E-state index contributed by atoms with van der Waals surface area (Å²) in [6.45, 7) is 0. The van der Waals surface area contributed by atoms with Gasteiger partial charge in [0.2, 0.25) is 5.82 Å². The Morgan fingerprint density at radius 2 is 1.79 bits per heavy atom. The second kappa shape index (κ2) is 3.70. The van der Waals surface area contributed by atoms with Crippen LogP contribution in [0.1, 0.15) is 12.8 Å². The van der Waals surface area contributed by atoms with Gasteiger partial charge in [-0.05, 0) is 31.0 Å². The van der Waals surface area contributed by atoms with Crippen molar-refractivity contribution in [2.45, 2.75) is 18.9 Å². The minimum absolute atomic E-state index is 0.0539. The first kappa shape index (κ1) is 10.8. The van der Waals surface area contributed by atoms with Crippen molar-refractivity contribution in [3.05, 3.63) is 42.0 Å². The van der Waals surface area contributed by atoms with Crippen molar-refractivity contribution >= 4 is 21.9 Å². The number of benzene rings is 2. The Balaban J connectivity index is 2.00. The second-order valence-electron chi connectivity index (χ2n) is 4.79. The van der Waals surface area contributed by atoms with Crippen LogP contribution in [0.15, 0.2) is 34.7 Å². The van der Waals surface area contributed by atoms with Gasteiger partial charge in [0.05, 0.1) is 6.10 Å². The molecular weight excluding hydrogens is 250 g/mol. The zero-order valence-electron chi connectivity index (χ0n) is 9.95. The molecule has 1 aromatic heterocycles. The van der Waals surface area contributed by atoms with Crippen molar-refractivity contribution in [3.8, 4) is 5.75 Å². The molecule has 19 heavy (non-hydrogen) atoms. The predicted molar refractivity (Wildman–Crippen MR) is 67.3 cm³/mol. The minimum Gasteiger partial charge on any atom is -0.487 e. The lowest BCUT2D eigenvalue weighted by Crippen LogP contribution is -1.98. The van der Waals surface area contributed by atoms with E-state index in [1.165, 1.54) is 6.07 Å². The van der Waals surface area contributed by atoms with E-state index in [1.54, 1.807) is 24.3 Å². The molecular formula is C15H10F2O2. The van der Waals surface area contributed by atoms with Crippen LogP contribution in [0, 0.1) is 11.6 Å². The fraction of sp³-hybridized carbons (Fsp3) is 0.200. The molecule has 1 fully saturated rings. The number of rotatable bonds is 2.